The number of halogens is 1. The number of nitrogens with zero attached hydrogens (tertiary/aromatic N) is 1. The number of anilines is 1. The van der Waals surface area contributed by atoms with Crippen LogP contribution in [-0.4, -0.2) is 17.8 Å². The quantitative estimate of drug-likeness (QED) is 0.669. The average Bonchev–Trinajstić information content (AvgIpc) is 2.89. The molecule has 2 heterocycles. The third-order valence-electron chi connectivity index (χ3n) is 3.24. The van der Waals surface area contributed by atoms with Gasteiger partial charge in [-0.1, -0.05) is 23.7 Å². The number of hydrogen-bond donors (Lipinski definition) is 1. The zero-order valence-electron chi connectivity index (χ0n) is 12.0. The molecule has 3 rings (SSSR count). The first-order valence-electron chi connectivity index (χ1n) is 6.69. The SMILES string of the molecule is Cc1cccc(N2C(=O)NC(=O)/C(=C\c3ccc(Cl)s3)C2=O)c1. The first kappa shape index (κ1) is 15.5. The van der Waals surface area contributed by atoms with Crippen LogP contribution in [0.3, 0.4) is 0 Å². The molecule has 2 aromatic rings. The summed E-state index contributed by atoms with van der Waals surface area (Å²) in [4.78, 5) is 38.3. The van der Waals surface area contributed by atoms with E-state index in [1.807, 2.05) is 13.0 Å². The molecular formula is C16H11ClN2O3S. The summed E-state index contributed by atoms with van der Waals surface area (Å²) in [6.07, 6.45) is 1.43. The highest BCUT2D eigenvalue weighted by atomic mass is 35.5. The molecule has 0 spiro atoms. The number of imide groups is 2. The number of barbiturate groups is 1. The van der Waals surface area contributed by atoms with Gasteiger partial charge in [0.05, 0.1) is 10.0 Å². The van der Waals surface area contributed by atoms with Gasteiger partial charge in [-0.05, 0) is 42.8 Å². The van der Waals surface area contributed by atoms with E-state index < -0.39 is 17.8 Å². The van der Waals surface area contributed by atoms with E-state index in [1.165, 1.54) is 17.4 Å². The van der Waals surface area contributed by atoms with Crippen LogP contribution >= 0.6 is 22.9 Å². The van der Waals surface area contributed by atoms with E-state index in [9.17, 15) is 14.4 Å². The van der Waals surface area contributed by atoms with Gasteiger partial charge in [0, 0.05) is 4.88 Å². The largest absolute Gasteiger partial charge is 0.335 e. The number of aryl methyl sites for hydroxylation is 1. The first-order chi connectivity index (χ1) is 11.0. The van der Waals surface area contributed by atoms with Gasteiger partial charge in [-0.2, -0.15) is 0 Å². The Morgan fingerprint density at radius 3 is 2.61 bits per heavy atom. The Morgan fingerprint density at radius 1 is 1.17 bits per heavy atom. The van der Waals surface area contributed by atoms with Gasteiger partial charge >= 0.3 is 6.03 Å². The number of urea groups is 1. The van der Waals surface area contributed by atoms with E-state index in [1.54, 1.807) is 30.3 Å². The van der Waals surface area contributed by atoms with Gasteiger partial charge in [-0.15, -0.1) is 11.3 Å². The molecule has 7 heteroatoms. The minimum Gasteiger partial charge on any atom is -0.273 e. The normalized spacial score (nSPS) is 16.9. The van der Waals surface area contributed by atoms with Crippen molar-refractivity contribution in [1.82, 2.24) is 5.32 Å². The number of nitrogens with one attached hydrogen (secondary N) is 1. The molecule has 0 saturated carbocycles. The number of hydrogen-bond acceptors (Lipinski definition) is 4. The smallest absolute Gasteiger partial charge is 0.273 e. The van der Waals surface area contributed by atoms with Crippen molar-refractivity contribution in [2.45, 2.75) is 6.92 Å². The Kier molecular flexibility index (Phi) is 4.02. The van der Waals surface area contributed by atoms with Crippen molar-refractivity contribution >= 4 is 52.5 Å². The maximum absolute atomic E-state index is 12.6. The second kappa shape index (κ2) is 5.98. The van der Waals surface area contributed by atoms with Crippen LogP contribution in [0.25, 0.3) is 6.08 Å². The standard InChI is InChI=1S/C16H11ClN2O3S/c1-9-3-2-4-10(7-9)19-15(21)12(14(20)18-16(19)22)8-11-5-6-13(17)23-11/h2-8H,1H3,(H,18,20,22)/b12-8+. The van der Waals surface area contributed by atoms with Crippen LogP contribution in [0.1, 0.15) is 10.4 Å². The molecule has 1 aliphatic rings. The summed E-state index contributed by atoms with van der Waals surface area (Å²) < 4.78 is 0.548. The first-order valence-corrected chi connectivity index (χ1v) is 7.88. The summed E-state index contributed by atoms with van der Waals surface area (Å²) >= 11 is 7.09. The molecule has 0 unspecified atom stereocenters. The third-order valence-corrected chi connectivity index (χ3v) is 4.42. The summed E-state index contributed by atoms with van der Waals surface area (Å²) in [5.41, 5.74) is 1.20. The van der Waals surface area contributed by atoms with Gasteiger partial charge < -0.3 is 0 Å². The maximum Gasteiger partial charge on any atom is 0.335 e. The van der Waals surface area contributed by atoms with Crippen LogP contribution < -0.4 is 10.2 Å². The number of thiophene rings is 1. The number of benzene rings is 1. The van der Waals surface area contributed by atoms with E-state index in [-0.39, 0.29) is 5.57 Å². The Balaban J connectivity index is 2.02. The van der Waals surface area contributed by atoms with Crippen molar-refractivity contribution in [3.05, 3.63) is 56.7 Å². The van der Waals surface area contributed by atoms with E-state index in [0.717, 1.165) is 10.5 Å². The molecule has 1 fully saturated rings. The van der Waals surface area contributed by atoms with Crippen LogP contribution in [0.4, 0.5) is 10.5 Å². The fraction of sp³-hybridized carbons (Fsp3) is 0.0625. The number of rotatable bonds is 2. The topological polar surface area (TPSA) is 66.5 Å². The predicted octanol–water partition coefficient (Wildman–Crippen LogP) is 3.38. The van der Waals surface area contributed by atoms with E-state index in [2.05, 4.69) is 5.32 Å². The fourth-order valence-electron chi connectivity index (χ4n) is 2.21. The molecule has 0 atom stereocenters. The van der Waals surface area contributed by atoms with Crippen molar-refractivity contribution in [2.75, 3.05) is 4.90 Å². The second-order valence-electron chi connectivity index (χ2n) is 4.94. The summed E-state index contributed by atoms with van der Waals surface area (Å²) in [7, 11) is 0. The molecule has 1 saturated heterocycles. The zero-order chi connectivity index (χ0) is 16.6. The number of carbonyl (C=O) groups is 3. The van der Waals surface area contributed by atoms with Crippen molar-refractivity contribution in [1.29, 1.82) is 0 Å². The van der Waals surface area contributed by atoms with Crippen LogP contribution in [0.5, 0.6) is 0 Å². The summed E-state index contributed by atoms with van der Waals surface area (Å²) in [6.45, 7) is 1.85. The van der Waals surface area contributed by atoms with Crippen LogP contribution in [0.15, 0.2) is 42.0 Å². The molecule has 116 valence electrons. The lowest BCUT2D eigenvalue weighted by atomic mass is 10.1. The molecule has 1 aliphatic heterocycles. The van der Waals surface area contributed by atoms with Crippen molar-refractivity contribution in [3.63, 3.8) is 0 Å². The predicted molar refractivity (Wildman–Crippen MR) is 89.5 cm³/mol. The second-order valence-corrected chi connectivity index (χ2v) is 6.69. The van der Waals surface area contributed by atoms with E-state index >= 15 is 0 Å². The van der Waals surface area contributed by atoms with Gasteiger partial charge in [-0.3, -0.25) is 14.9 Å². The van der Waals surface area contributed by atoms with Gasteiger partial charge in [0.15, 0.2) is 0 Å². The number of carbonyl (C=O) groups excluding carboxylic acids is 3. The van der Waals surface area contributed by atoms with E-state index in [0.29, 0.717) is 14.9 Å². The van der Waals surface area contributed by atoms with Crippen LogP contribution in [0.2, 0.25) is 4.34 Å². The number of amides is 4. The summed E-state index contributed by atoms with van der Waals surface area (Å²) in [5.74, 6) is -1.37. The monoisotopic (exact) mass is 346 g/mol. The van der Waals surface area contributed by atoms with Crippen LogP contribution in [-0.2, 0) is 9.59 Å². The molecule has 4 amide bonds. The molecule has 0 bridgehead atoms. The molecule has 1 aromatic carbocycles. The zero-order valence-corrected chi connectivity index (χ0v) is 13.6. The molecule has 1 aromatic heterocycles. The van der Waals surface area contributed by atoms with Gasteiger partial charge in [0.25, 0.3) is 11.8 Å². The highest BCUT2D eigenvalue weighted by Crippen LogP contribution is 2.26. The molecule has 0 aliphatic carbocycles. The van der Waals surface area contributed by atoms with Crippen molar-refractivity contribution in [2.24, 2.45) is 0 Å². The molecule has 5 nitrogen and oxygen atoms in total. The highest BCUT2D eigenvalue weighted by Gasteiger charge is 2.36. The molecule has 23 heavy (non-hydrogen) atoms. The third kappa shape index (κ3) is 3.04. The Labute approximate surface area is 141 Å². The molecule has 1 N–H and O–H groups in total. The Morgan fingerprint density at radius 2 is 1.96 bits per heavy atom. The highest BCUT2D eigenvalue weighted by molar-refractivity contribution is 7.17. The Bertz CT molecular complexity index is 857. The van der Waals surface area contributed by atoms with Gasteiger partial charge in [0.2, 0.25) is 0 Å². The summed E-state index contributed by atoms with van der Waals surface area (Å²) in [6, 6.07) is 9.55. The lowest BCUT2D eigenvalue weighted by molar-refractivity contribution is -0.122. The lowest BCUT2D eigenvalue weighted by Gasteiger charge is -2.26. The van der Waals surface area contributed by atoms with Crippen molar-refractivity contribution < 1.29 is 14.4 Å². The maximum atomic E-state index is 12.6. The minimum atomic E-state index is -0.757. The van der Waals surface area contributed by atoms with Gasteiger partial charge in [-0.25, -0.2) is 9.69 Å². The summed E-state index contributed by atoms with van der Waals surface area (Å²) in [5, 5.41) is 2.19. The molecular weight excluding hydrogens is 336 g/mol. The lowest BCUT2D eigenvalue weighted by Crippen LogP contribution is -2.54. The average molecular weight is 347 g/mol. The van der Waals surface area contributed by atoms with Crippen LogP contribution in [0, 0.1) is 6.92 Å². The Hall–Kier alpha value is -2.44. The molecule has 0 radical (unpaired) electrons. The fourth-order valence-corrected chi connectivity index (χ4v) is 3.21. The minimum absolute atomic E-state index is 0.107. The van der Waals surface area contributed by atoms with Gasteiger partial charge in [0.1, 0.15) is 5.57 Å². The van der Waals surface area contributed by atoms with Crippen molar-refractivity contribution in [3.8, 4) is 0 Å². The van der Waals surface area contributed by atoms with E-state index in [4.69, 9.17) is 11.6 Å².